The standard InChI is InChI=1S/C9H10N2O2S2/c1-3-11(2)9-10-7-5(15-9)4-6(14-7)8(12)13/h4H,3H2,1-2H3,(H,12,13). The molecule has 0 radical (unpaired) electrons. The molecule has 80 valence electrons. The summed E-state index contributed by atoms with van der Waals surface area (Å²) in [5, 5.41) is 9.75. The molecule has 0 fully saturated rings. The lowest BCUT2D eigenvalue weighted by Crippen LogP contribution is -2.14. The van der Waals surface area contributed by atoms with Crippen LogP contribution in [-0.2, 0) is 0 Å². The number of aromatic carboxylic acids is 1. The summed E-state index contributed by atoms with van der Waals surface area (Å²) in [6.07, 6.45) is 0. The predicted octanol–water partition coefficient (Wildman–Crippen LogP) is 2.51. The maximum atomic E-state index is 10.7. The van der Waals surface area contributed by atoms with Gasteiger partial charge >= 0.3 is 5.97 Å². The monoisotopic (exact) mass is 242 g/mol. The number of nitrogens with zero attached hydrogens (tertiary/aromatic N) is 2. The van der Waals surface area contributed by atoms with Gasteiger partial charge in [0.05, 0.1) is 4.70 Å². The predicted molar refractivity (Wildman–Crippen MR) is 63.4 cm³/mol. The van der Waals surface area contributed by atoms with Gasteiger partial charge in [0.15, 0.2) is 5.13 Å². The van der Waals surface area contributed by atoms with Gasteiger partial charge in [-0.05, 0) is 13.0 Å². The Bertz CT molecular complexity index is 472. The Morgan fingerprint density at radius 3 is 2.87 bits per heavy atom. The van der Waals surface area contributed by atoms with Gasteiger partial charge in [-0.25, -0.2) is 9.78 Å². The molecule has 0 aromatic carbocycles. The number of aromatic nitrogens is 1. The molecule has 0 saturated heterocycles. The van der Waals surface area contributed by atoms with Crippen molar-refractivity contribution in [3.63, 3.8) is 0 Å². The summed E-state index contributed by atoms with van der Waals surface area (Å²) in [6, 6.07) is 1.69. The number of thiophene rings is 1. The second kappa shape index (κ2) is 3.79. The number of hydrogen-bond acceptors (Lipinski definition) is 5. The average molecular weight is 242 g/mol. The molecule has 0 aliphatic carbocycles. The van der Waals surface area contributed by atoms with Gasteiger partial charge in [-0.3, -0.25) is 0 Å². The average Bonchev–Trinajstić information content (AvgIpc) is 2.72. The van der Waals surface area contributed by atoms with Crippen molar-refractivity contribution >= 4 is 43.3 Å². The quantitative estimate of drug-likeness (QED) is 0.898. The van der Waals surface area contributed by atoms with Crippen molar-refractivity contribution in [2.45, 2.75) is 6.92 Å². The SMILES string of the molecule is CCN(C)c1nc2sc(C(=O)O)cc2s1. The summed E-state index contributed by atoms with van der Waals surface area (Å²) < 4.78 is 0.952. The molecule has 4 nitrogen and oxygen atoms in total. The van der Waals surface area contributed by atoms with Gasteiger partial charge in [-0.1, -0.05) is 11.3 Å². The summed E-state index contributed by atoms with van der Waals surface area (Å²) in [5.74, 6) is -0.879. The first-order valence-corrected chi connectivity index (χ1v) is 6.10. The summed E-state index contributed by atoms with van der Waals surface area (Å²) >= 11 is 2.76. The molecule has 0 amide bonds. The van der Waals surface area contributed by atoms with Crippen molar-refractivity contribution in [3.8, 4) is 0 Å². The lowest BCUT2D eigenvalue weighted by Gasteiger charge is -2.10. The van der Waals surface area contributed by atoms with Gasteiger partial charge in [0.1, 0.15) is 9.71 Å². The first kappa shape index (κ1) is 10.4. The zero-order valence-electron chi connectivity index (χ0n) is 8.35. The Labute approximate surface area is 94.8 Å². The molecule has 2 rings (SSSR count). The van der Waals surface area contributed by atoms with Crippen LogP contribution in [0.15, 0.2) is 6.07 Å². The summed E-state index contributed by atoms with van der Waals surface area (Å²) in [6.45, 7) is 2.95. The fourth-order valence-electron chi connectivity index (χ4n) is 1.13. The van der Waals surface area contributed by atoms with Gasteiger partial charge < -0.3 is 10.0 Å². The van der Waals surface area contributed by atoms with Crippen LogP contribution in [-0.4, -0.2) is 29.7 Å². The summed E-state index contributed by atoms with van der Waals surface area (Å²) in [5.41, 5.74) is 0. The first-order chi connectivity index (χ1) is 7.11. The molecule has 0 bridgehead atoms. The molecule has 15 heavy (non-hydrogen) atoms. The molecule has 0 aliphatic rings. The van der Waals surface area contributed by atoms with Crippen molar-refractivity contribution in [1.29, 1.82) is 0 Å². The van der Waals surface area contributed by atoms with E-state index in [9.17, 15) is 4.79 Å². The number of hydrogen-bond donors (Lipinski definition) is 1. The molecular weight excluding hydrogens is 232 g/mol. The Hall–Kier alpha value is -1.14. The van der Waals surface area contributed by atoms with Gasteiger partial charge in [0.2, 0.25) is 0 Å². The zero-order chi connectivity index (χ0) is 11.0. The van der Waals surface area contributed by atoms with Crippen LogP contribution >= 0.6 is 22.7 Å². The highest BCUT2D eigenvalue weighted by Gasteiger charge is 2.13. The van der Waals surface area contributed by atoms with Gasteiger partial charge in [-0.2, -0.15) is 0 Å². The Kier molecular flexibility index (Phi) is 2.62. The van der Waals surface area contributed by atoms with E-state index in [-0.39, 0.29) is 0 Å². The third kappa shape index (κ3) is 1.82. The topological polar surface area (TPSA) is 53.4 Å². The smallest absolute Gasteiger partial charge is 0.345 e. The second-order valence-electron chi connectivity index (χ2n) is 3.10. The van der Waals surface area contributed by atoms with Crippen LogP contribution in [0.5, 0.6) is 0 Å². The molecule has 0 unspecified atom stereocenters. The minimum atomic E-state index is -0.879. The Morgan fingerprint density at radius 2 is 2.33 bits per heavy atom. The number of carboxylic acid groups (broad SMARTS) is 1. The minimum Gasteiger partial charge on any atom is -0.477 e. The number of rotatable bonds is 3. The number of carboxylic acids is 1. The number of fused-ring (bicyclic) bond motifs is 1. The lowest BCUT2D eigenvalue weighted by atomic mass is 10.5. The van der Waals surface area contributed by atoms with E-state index >= 15 is 0 Å². The van der Waals surface area contributed by atoms with Gasteiger partial charge in [0, 0.05) is 13.6 Å². The lowest BCUT2D eigenvalue weighted by molar-refractivity contribution is 0.0702. The largest absolute Gasteiger partial charge is 0.477 e. The van der Waals surface area contributed by atoms with Crippen LogP contribution in [0.1, 0.15) is 16.6 Å². The number of thiazole rings is 1. The van der Waals surface area contributed by atoms with E-state index in [0.29, 0.717) is 4.88 Å². The van der Waals surface area contributed by atoms with Crippen LogP contribution in [0.25, 0.3) is 9.53 Å². The van der Waals surface area contributed by atoms with Crippen LogP contribution in [0.4, 0.5) is 5.13 Å². The molecule has 2 aromatic rings. The van der Waals surface area contributed by atoms with Crippen LogP contribution in [0.2, 0.25) is 0 Å². The molecule has 0 spiro atoms. The molecule has 0 aliphatic heterocycles. The number of anilines is 1. The van der Waals surface area contributed by atoms with E-state index in [4.69, 9.17) is 5.11 Å². The highest BCUT2D eigenvalue weighted by Crippen LogP contribution is 2.34. The zero-order valence-corrected chi connectivity index (χ0v) is 9.98. The second-order valence-corrected chi connectivity index (χ2v) is 5.14. The van der Waals surface area contributed by atoms with Crippen LogP contribution < -0.4 is 4.90 Å². The highest BCUT2D eigenvalue weighted by molar-refractivity contribution is 7.29. The van der Waals surface area contributed by atoms with Crippen molar-refractivity contribution in [3.05, 3.63) is 10.9 Å². The fraction of sp³-hybridized carbons (Fsp3) is 0.333. The van der Waals surface area contributed by atoms with E-state index in [1.807, 2.05) is 11.9 Å². The normalized spacial score (nSPS) is 10.8. The highest BCUT2D eigenvalue weighted by atomic mass is 32.1. The maximum Gasteiger partial charge on any atom is 0.345 e. The third-order valence-electron chi connectivity index (χ3n) is 2.09. The van der Waals surface area contributed by atoms with E-state index in [1.165, 1.54) is 22.7 Å². The maximum absolute atomic E-state index is 10.7. The van der Waals surface area contributed by atoms with Gasteiger partial charge in [-0.15, -0.1) is 11.3 Å². The fourth-order valence-corrected chi connectivity index (χ4v) is 3.20. The molecular formula is C9H10N2O2S2. The number of carbonyl (C=O) groups is 1. The minimum absolute atomic E-state index is 0.356. The summed E-state index contributed by atoms with van der Waals surface area (Å²) in [7, 11) is 1.97. The molecule has 2 aromatic heterocycles. The van der Waals surface area contributed by atoms with Crippen molar-refractivity contribution in [1.82, 2.24) is 4.98 Å². The first-order valence-electron chi connectivity index (χ1n) is 4.46. The van der Waals surface area contributed by atoms with Crippen LogP contribution in [0.3, 0.4) is 0 Å². The van der Waals surface area contributed by atoms with Crippen molar-refractivity contribution < 1.29 is 9.90 Å². The van der Waals surface area contributed by atoms with Gasteiger partial charge in [0.25, 0.3) is 0 Å². The molecule has 0 saturated carbocycles. The molecule has 1 N–H and O–H groups in total. The molecule has 0 atom stereocenters. The molecule has 2 heterocycles. The molecule has 6 heteroatoms. The van der Waals surface area contributed by atoms with E-state index in [0.717, 1.165) is 21.2 Å². The van der Waals surface area contributed by atoms with Crippen molar-refractivity contribution in [2.75, 3.05) is 18.5 Å². The van der Waals surface area contributed by atoms with E-state index in [2.05, 4.69) is 11.9 Å². The third-order valence-corrected chi connectivity index (χ3v) is 4.35. The Morgan fingerprint density at radius 1 is 1.60 bits per heavy atom. The van der Waals surface area contributed by atoms with Crippen LogP contribution in [0, 0.1) is 0 Å². The van der Waals surface area contributed by atoms with E-state index < -0.39 is 5.97 Å². The summed E-state index contributed by atoms with van der Waals surface area (Å²) in [4.78, 5) is 18.3. The van der Waals surface area contributed by atoms with E-state index in [1.54, 1.807) is 6.07 Å². The Balaban J connectivity index is 2.42. The van der Waals surface area contributed by atoms with Crippen molar-refractivity contribution in [2.24, 2.45) is 0 Å².